The second-order valence-electron chi connectivity index (χ2n) is 8.50. The van der Waals surface area contributed by atoms with E-state index in [2.05, 4.69) is 15.3 Å². The monoisotopic (exact) mass is 459 g/mol. The van der Waals surface area contributed by atoms with Crippen molar-refractivity contribution in [2.45, 2.75) is 0 Å². The highest BCUT2D eigenvalue weighted by molar-refractivity contribution is 5.93. The summed E-state index contributed by atoms with van der Waals surface area (Å²) < 4.78 is 14.2. The molecule has 0 unspecified atom stereocenters. The third-order valence-electron chi connectivity index (χ3n) is 6.11. The minimum atomic E-state index is -0.211. The lowest BCUT2D eigenvalue weighted by atomic mass is 10.1. The Balaban J connectivity index is 1.36. The van der Waals surface area contributed by atoms with E-state index in [4.69, 9.17) is 19.6 Å². The Bertz CT molecular complexity index is 1310. The number of nitrogens with one attached hydrogen (secondary N) is 1. The molecule has 1 amide bonds. The SMILES string of the molecule is O=C(NCC1COC1)c1cc2nc(-n3ccc(-c4ccccc4)n3)cc(N3CCOCC3)n2n1. The number of hydrogen-bond donors (Lipinski definition) is 1. The topological polar surface area (TPSA) is 98.8 Å². The highest BCUT2D eigenvalue weighted by Crippen LogP contribution is 2.23. The van der Waals surface area contributed by atoms with Crippen LogP contribution in [0.25, 0.3) is 22.7 Å². The van der Waals surface area contributed by atoms with Gasteiger partial charge >= 0.3 is 0 Å². The number of rotatable bonds is 6. The van der Waals surface area contributed by atoms with Crippen LogP contribution in [0.1, 0.15) is 10.5 Å². The molecule has 34 heavy (non-hydrogen) atoms. The van der Waals surface area contributed by atoms with E-state index in [0.29, 0.717) is 56.0 Å². The van der Waals surface area contributed by atoms with Gasteiger partial charge in [-0.2, -0.15) is 14.7 Å². The lowest BCUT2D eigenvalue weighted by Crippen LogP contribution is -2.39. The van der Waals surface area contributed by atoms with Gasteiger partial charge in [0.1, 0.15) is 5.82 Å². The van der Waals surface area contributed by atoms with Crippen molar-refractivity contribution < 1.29 is 14.3 Å². The molecule has 0 bridgehead atoms. The first-order valence-corrected chi connectivity index (χ1v) is 11.5. The van der Waals surface area contributed by atoms with E-state index in [0.717, 1.165) is 30.2 Å². The molecule has 2 aliphatic heterocycles. The fourth-order valence-electron chi connectivity index (χ4n) is 4.14. The third kappa shape index (κ3) is 4.02. The highest BCUT2D eigenvalue weighted by atomic mass is 16.5. The summed E-state index contributed by atoms with van der Waals surface area (Å²) in [6.45, 7) is 4.69. The summed E-state index contributed by atoms with van der Waals surface area (Å²) in [5.41, 5.74) is 2.83. The number of aromatic nitrogens is 5. The molecule has 4 aromatic rings. The van der Waals surface area contributed by atoms with E-state index < -0.39 is 0 Å². The van der Waals surface area contributed by atoms with Crippen LogP contribution in [-0.4, -0.2) is 76.3 Å². The number of carbonyl (C=O) groups excluding carboxylic acids is 1. The Morgan fingerprint density at radius 2 is 1.85 bits per heavy atom. The number of nitrogens with zero attached hydrogens (tertiary/aromatic N) is 6. The fourth-order valence-corrected chi connectivity index (χ4v) is 4.14. The number of anilines is 1. The summed E-state index contributed by atoms with van der Waals surface area (Å²) >= 11 is 0. The minimum Gasteiger partial charge on any atom is -0.381 e. The molecule has 5 heterocycles. The van der Waals surface area contributed by atoms with Crippen LogP contribution in [0.3, 0.4) is 0 Å². The second-order valence-corrected chi connectivity index (χ2v) is 8.50. The number of hydrogen-bond acceptors (Lipinski definition) is 7. The van der Waals surface area contributed by atoms with Gasteiger partial charge in [0, 0.05) is 49.4 Å². The zero-order chi connectivity index (χ0) is 22.9. The molecule has 3 aromatic heterocycles. The maximum atomic E-state index is 12.8. The zero-order valence-electron chi connectivity index (χ0n) is 18.6. The summed E-state index contributed by atoms with van der Waals surface area (Å²) in [5.74, 6) is 1.67. The number of ether oxygens (including phenoxy) is 2. The van der Waals surface area contributed by atoms with Gasteiger partial charge in [-0.15, -0.1) is 0 Å². The molecule has 0 aliphatic carbocycles. The molecule has 10 nitrogen and oxygen atoms in total. The van der Waals surface area contributed by atoms with Crippen LogP contribution in [0.4, 0.5) is 5.82 Å². The Morgan fingerprint density at radius 1 is 1.03 bits per heavy atom. The van der Waals surface area contributed by atoms with E-state index >= 15 is 0 Å². The summed E-state index contributed by atoms with van der Waals surface area (Å²) in [5, 5.41) is 12.3. The van der Waals surface area contributed by atoms with Gasteiger partial charge in [-0.1, -0.05) is 30.3 Å². The van der Waals surface area contributed by atoms with Crippen LogP contribution in [0.2, 0.25) is 0 Å². The quantitative estimate of drug-likeness (QED) is 0.469. The van der Waals surface area contributed by atoms with E-state index in [1.807, 2.05) is 48.7 Å². The van der Waals surface area contributed by atoms with Crippen molar-refractivity contribution in [1.82, 2.24) is 29.7 Å². The largest absolute Gasteiger partial charge is 0.381 e. The van der Waals surface area contributed by atoms with Gasteiger partial charge in [-0.25, -0.2) is 9.67 Å². The first-order valence-electron chi connectivity index (χ1n) is 11.5. The van der Waals surface area contributed by atoms with Crippen LogP contribution in [-0.2, 0) is 9.47 Å². The molecule has 0 saturated carbocycles. The molecular weight excluding hydrogens is 434 g/mol. The molecule has 2 aliphatic rings. The number of fused-ring (bicyclic) bond motifs is 1. The number of morpholine rings is 1. The van der Waals surface area contributed by atoms with Crippen molar-refractivity contribution in [2.75, 3.05) is 51.0 Å². The highest BCUT2D eigenvalue weighted by Gasteiger charge is 2.23. The Labute approximate surface area is 196 Å². The summed E-state index contributed by atoms with van der Waals surface area (Å²) in [6, 6.07) is 15.7. The minimum absolute atomic E-state index is 0.211. The van der Waals surface area contributed by atoms with Crippen molar-refractivity contribution in [3.63, 3.8) is 0 Å². The molecule has 2 fully saturated rings. The predicted octanol–water partition coefficient (Wildman–Crippen LogP) is 1.79. The van der Waals surface area contributed by atoms with Crippen molar-refractivity contribution in [2.24, 2.45) is 5.92 Å². The molecule has 174 valence electrons. The molecule has 2 saturated heterocycles. The molecule has 6 rings (SSSR count). The number of carbonyl (C=O) groups is 1. The Morgan fingerprint density at radius 3 is 2.62 bits per heavy atom. The van der Waals surface area contributed by atoms with Gasteiger partial charge in [0.25, 0.3) is 5.91 Å². The van der Waals surface area contributed by atoms with Crippen LogP contribution in [0.15, 0.2) is 54.7 Å². The van der Waals surface area contributed by atoms with Crippen LogP contribution < -0.4 is 10.2 Å². The molecule has 0 atom stereocenters. The lowest BCUT2D eigenvalue weighted by Gasteiger charge is -2.29. The number of benzene rings is 1. The van der Waals surface area contributed by atoms with Crippen molar-refractivity contribution in [1.29, 1.82) is 0 Å². The third-order valence-corrected chi connectivity index (χ3v) is 6.11. The Kier molecular flexibility index (Phi) is 5.44. The lowest BCUT2D eigenvalue weighted by molar-refractivity contribution is -0.0299. The van der Waals surface area contributed by atoms with Gasteiger partial charge in [0.2, 0.25) is 0 Å². The summed E-state index contributed by atoms with van der Waals surface area (Å²) in [6.07, 6.45) is 1.90. The summed E-state index contributed by atoms with van der Waals surface area (Å²) in [7, 11) is 0. The molecule has 0 radical (unpaired) electrons. The molecule has 0 spiro atoms. The fraction of sp³-hybridized carbons (Fsp3) is 0.333. The van der Waals surface area contributed by atoms with Gasteiger partial charge < -0.3 is 19.7 Å². The molecule has 1 N–H and O–H groups in total. The van der Waals surface area contributed by atoms with Crippen LogP contribution in [0.5, 0.6) is 0 Å². The van der Waals surface area contributed by atoms with Crippen LogP contribution in [0, 0.1) is 5.92 Å². The maximum Gasteiger partial charge on any atom is 0.271 e. The van der Waals surface area contributed by atoms with Crippen molar-refractivity contribution in [3.05, 3.63) is 60.4 Å². The van der Waals surface area contributed by atoms with E-state index in [1.165, 1.54) is 0 Å². The second kappa shape index (κ2) is 8.88. The number of amides is 1. The van der Waals surface area contributed by atoms with Crippen molar-refractivity contribution in [3.8, 4) is 17.1 Å². The molecule has 10 heteroatoms. The predicted molar refractivity (Wildman–Crippen MR) is 125 cm³/mol. The van der Waals surface area contributed by atoms with E-state index in [-0.39, 0.29) is 5.91 Å². The van der Waals surface area contributed by atoms with Crippen LogP contribution >= 0.6 is 0 Å². The molecule has 1 aromatic carbocycles. The first kappa shape index (κ1) is 20.8. The summed E-state index contributed by atoms with van der Waals surface area (Å²) in [4.78, 5) is 19.7. The van der Waals surface area contributed by atoms with Gasteiger partial charge in [0.15, 0.2) is 17.2 Å². The maximum absolute atomic E-state index is 12.8. The average molecular weight is 460 g/mol. The van der Waals surface area contributed by atoms with E-state index in [9.17, 15) is 4.79 Å². The van der Waals surface area contributed by atoms with Gasteiger partial charge in [-0.05, 0) is 6.07 Å². The molecular formula is C24H25N7O3. The zero-order valence-corrected chi connectivity index (χ0v) is 18.6. The van der Waals surface area contributed by atoms with E-state index in [1.54, 1.807) is 15.3 Å². The Hall–Kier alpha value is -3.76. The van der Waals surface area contributed by atoms with Gasteiger partial charge in [0.05, 0.1) is 32.1 Å². The average Bonchev–Trinajstić information content (AvgIpc) is 3.51. The first-order chi connectivity index (χ1) is 16.7. The standard InChI is InChI=1S/C24H25N7O3/c32-24(25-14-17-15-34-16-17)20-12-22-26-21(13-23(31(22)28-20)29-8-10-33-11-9-29)30-7-6-19(27-30)18-4-2-1-3-5-18/h1-7,12-13,17H,8-11,14-16H2,(H,25,32). The van der Waals surface area contributed by atoms with Gasteiger partial charge in [-0.3, -0.25) is 4.79 Å². The van der Waals surface area contributed by atoms with Crippen molar-refractivity contribution >= 4 is 17.4 Å². The smallest absolute Gasteiger partial charge is 0.271 e. The normalized spacial score (nSPS) is 16.5.